The summed E-state index contributed by atoms with van der Waals surface area (Å²) in [5, 5.41) is 13.9. The highest BCUT2D eigenvalue weighted by Crippen LogP contribution is 2.22. The van der Waals surface area contributed by atoms with Crippen LogP contribution in [0.3, 0.4) is 0 Å². The molecule has 6 heteroatoms. The first kappa shape index (κ1) is 12.2. The smallest absolute Gasteiger partial charge is 0.181 e. The van der Waals surface area contributed by atoms with Gasteiger partial charge in [-0.05, 0) is 30.7 Å². The van der Waals surface area contributed by atoms with Gasteiger partial charge in [-0.3, -0.25) is 0 Å². The molecule has 20 heavy (non-hydrogen) atoms. The van der Waals surface area contributed by atoms with E-state index in [2.05, 4.69) is 15.1 Å². The topological polar surface area (TPSA) is 77.0 Å². The van der Waals surface area contributed by atoms with E-state index in [1.54, 1.807) is 41.6 Å². The highest BCUT2D eigenvalue weighted by Gasteiger charge is 2.05. The van der Waals surface area contributed by atoms with Gasteiger partial charge in [-0.1, -0.05) is 0 Å². The Morgan fingerprint density at radius 1 is 1.30 bits per heavy atom. The summed E-state index contributed by atoms with van der Waals surface area (Å²) in [5.41, 5.74) is 1.72. The molecule has 0 atom stereocenters. The Labute approximate surface area is 115 Å². The molecule has 1 aromatic carbocycles. The molecule has 0 aliphatic rings. The number of hydrogen-bond acceptors (Lipinski definition) is 5. The molecular formula is C14H12N4O2. The number of hydrogen-bond donors (Lipinski definition) is 1. The van der Waals surface area contributed by atoms with Crippen LogP contribution in [-0.2, 0) is 0 Å². The molecule has 3 aromatic rings. The minimum absolute atomic E-state index is 0.202. The highest BCUT2D eigenvalue weighted by atomic mass is 16.3. The first-order valence-corrected chi connectivity index (χ1v) is 5.99. The van der Waals surface area contributed by atoms with Crippen LogP contribution in [0.4, 0.5) is 0 Å². The van der Waals surface area contributed by atoms with E-state index in [1.165, 1.54) is 6.39 Å². The average molecular weight is 268 g/mol. The van der Waals surface area contributed by atoms with Crippen LogP contribution in [0.25, 0.3) is 23.7 Å². The summed E-state index contributed by atoms with van der Waals surface area (Å²) >= 11 is 0. The quantitative estimate of drug-likeness (QED) is 0.790. The third-order valence-electron chi connectivity index (χ3n) is 2.67. The van der Waals surface area contributed by atoms with Gasteiger partial charge in [0.05, 0.1) is 6.20 Å². The number of aromatic hydroxyl groups is 1. The predicted molar refractivity (Wildman–Crippen MR) is 73.6 cm³/mol. The van der Waals surface area contributed by atoms with Crippen molar-refractivity contribution in [2.45, 2.75) is 6.92 Å². The zero-order chi connectivity index (χ0) is 13.9. The lowest BCUT2D eigenvalue weighted by molar-refractivity contribution is 0.475. The molecule has 6 nitrogen and oxygen atoms in total. The van der Waals surface area contributed by atoms with E-state index in [4.69, 9.17) is 4.42 Å². The van der Waals surface area contributed by atoms with Gasteiger partial charge >= 0.3 is 0 Å². The van der Waals surface area contributed by atoms with Crippen LogP contribution in [0.15, 0.2) is 41.5 Å². The van der Waals surface area contributed by atoms with Crippen LogP contribution in [0.1, 0.15) is 11.3 Å². The third kappa shape index (κ3) is 2.59. The van der Waals surface area contributed by atoms with Crippen LogP contribution in [0.2, 0.25) is 0 Å². The molecule has 0 radical (unpaired) electrons. The van der Waals surface area contributed by atoms with E-state index in [-0.39, 0.29) is 5.75 Å². The molecule has 2 heterocycles. The zero-order valence-electron chi connectivity index (χ0n) is 10.8. The lowest BCUT2D eigenvalue weighted by Crippen LogP contribution is -1.88. The summed E-state index contributed by atoms with van der Waals surface area (Å²) < 4.78 is 6.65. The Hall–Kier alpha value is -2.89. The molecular weight excluding hydrogens is 256 g/mol. The van der Waals surface area contributed by atoms with Gasteiger partial charge in [0.25, 0.3) is 0 Å². The average Bonchev–Trinajstić information content (AvgIpc) is 3.07. The van der Waals surface area contributed by atoms with Crippen molar-refractivity contribution in [1.29, 1.82) is 0 Å². The Morgan fingerprint density at radius 2 is 2.20 bits per heavy atom. The van der Waals surface area contributed by atoms with Crippen molar-refractivity contribution in [3.05, 3.63) is 48.4 Å². The maximum Gasteiger partial charge on any atom is 0.181 e. The maximum atomic E-state index is 9.59. The van der Waals surface area contributed by atoms with Crippen LogP contribution in [-0.4, -0.2) is 24.9 Å². The van der Waals surface area contributed by atoms with Crippen molar-refractivity contribution in [2.75, 3.05) is 0 Å². The van der Waals surface area contributed by atoms with Crippen molar-refractivity contribution in [2.24, 2.45) is 0 Å². The second-order valence-electron chi connectivity index (χ2n) is 4.32. The molecule has 0 aliphatic heterocycles. The normalized spacial score (nSPS) is 11.2. The van der Waals surface area contributed by atoms with Gasteiger partial charge < -0.3 is 9.52 Å². The molecule has 0 aliphatic carbocycles. The summed E-state index contributed by atoms with van der Waals surface area (Å²) in [6.07, 6.45) is 8.00. The van der Waals surface area contributed by atoms with E-state index in [9.17, 15) is 5.11 Å². The first-order chi connectivity index (χ1) is 9.70. The summed E-state index contributed by atoms with van der Waals surface area (Å²) in [6.45, 7) is 1.91. The van der Waals surface area contributed by atoms with Gasteiger partial charge in [-0.15, -0.1) is 5.10 Å². The molecule has 1 N–H and O–H groups in total. The monoisotopic (exact) mass is 268 g/mol. The minimum Gasteiger partial charge on any atom is -0.508 e. The van der Waals surface area contributed by atoms with E-state index in [0.29, 0.717) is 11.6 Å². The second-order valence-corrected chi connectivity index (χ2v) is 4.32. The van der Waals surface area contributed by atoms with E-state index >= 15 is 0 Å². The van der Waals surface area contributed by atoms with E-state index in [1.807, 2.05) is 13.0 Å². The Morgan fingerprint density at radius 3 is 2.95 bits per heavy atom. The van der Waals surface area contributed by atoms with Crippen molar-refractivity contribution in [1.82, 2.24) is 19.7 Å². The van der Waals surface area contributed by atoms with Gasteiger partial charge in [-0.2, -0.15) is 0 Å². The first-order valence-electron chi connectivity index (χ1n) is 5.99. The lowest BCUT2D eigenvalue weighted by Gasteiger charge is -1.99. The van der Waals surface area contributed by atoms with Gasteiger partial charge in [-0.25, -0.2) is 14.6 Å². The largest absolute Gasteiger partial charge is 0.508 e. The third-order valence-corrected chi connectivity index (χ3v) is 2.67. The Kier molecular flexibility index (Phi) is 3.04. The van der Waals surface area contributed by atoms with Gasteiger partial charge in [0, 0.05) is 17.8 Å². The van der Waals surface area contributed by atoms with E-state index < -0.39 is 0 Å². The molecule has 2 aromatic heterocycles. The fraction of sp³-hybridized carbons (Fsp3) is 0.0714. The molecule has 0 saturated carbocycles. The number of aryl methyl sites for hydroxylation is 1. The lowest BCUT2D eigenvalue weighted by atomic mass is 10.1. The number of aromatic nitrogens is 4. The van der Waals surface area contributed by atoms with Crippen LogP contribution >= 0.6 is 0 Å². The molecule has 0 unspecified atom stereocenters. The van der Waals surface area contributed by atoms with Crippen LogP contribution < -0.4 is 0 Å². The summed E-state index contributed by atoms with van der Waals surface area (Å²) in [7, 11) is 0. The fourth-order valence-electron chi connectivity index (χ4n) is 1.83. The number of nitrogens with zero attached hydrogens (tertiary/aromatic N) is 4. The van der Waals surface area contributed by atoms with Crippen molar-refractivity contribution >= 4 is 12.3 Å². The number of benzene rings is 1. The highest BCUT2D eigenvalue weighted by molar-refractivity contribution is 5.60. The number of phenols is 1. The molecule has 3 rings (SSSR count). The van der Waals surface area contributed by atoms with Gasteiger partial charge in [0.2, 0.25) is 0 Å². The standard InChI is InChI=1S/C14H12N4O2/c1-10-4-11(6-12(19)5-10)14-16-8-18(17-14)3-2-13-7-15-9-20-13/h2-9,19H,1H3/b3-2-. The molecule has 0 fully saturated rings. The van der Waals surface area contributed by atoms with Gasteiger partial charge in [0.1, 0.15) is 17.8 Å². The molecule has 0 amide bonds. The van der Waals surface area contributed by atoms with E-state index in [0.717, 1.165) is 11.1 Å². The molecule has 100 valence electrons. The zero-order valence-corrected chi connectivity index (χ0v) is 10.8. The number of oxazole rings is 1. The maximum absolute atomic E-state index is 9.59. The summed E-state index contributed by atoms with van der Waals surface area (Å²) in [4.78, 5) is 8.03. The van der Waals surface area contributed by atoms with Crippen molar-refractivity contribution in [3.63, 3.8) is 0 Å². The molecule has 0 bridgehead atoms. The number of rotatable bonds is 3. The van der Waals surface area contributed by atoms with Crippen molar-refractivity contribution < 1.29 is 9.52 Å². The van der Waals surface area contributed by atoms with Crippen LogP contribution in [0.5, 0.6) is 5.75 Å². The molecule has 0 spiro atoms. The fourth-order valence-corrected chi connectivity index (χ4v) is 1.83. The van der Waals surface area contributed by atoms with Crippen LogP contribution in [0, 0.1) is 6.92 Å². The summed E-state index contributed by atoms with van der Waals surface area (Å²) in [6, 6.07) is 5.23. The van der Waals surface area contributed by atoms with Crippen molar-refractivity contribution in [3.8, 4) is 17.1 Å². The summed E-state index contributed by atoms with van der Waals surface area (Å²) in [5.74, 6) is 1.38. The Bertz CT molecular complexity index is 724. The van der Waals surface area contributed by atoms with Gasteiger partial charge in [0.15, 0.2) is 12.2 Å². The predicted octanol–water partition coefficient (Wildman–Crippen LogP) is 2.58. The SMILES string of the molecule is Cc1cc(O)cc(-c2ncn(/C=C\c3cnco3)n2)c1. The Balaban J connectivity index is 1.86. The minimum atomic E-state index is 0.202. The number of phenolic OH excluding ortho intramolecular Hbond substituents is 1. The second kappa shape index (κ2) is 5.00. The molecule has 0 saturated heterocycles.